The highest BCUT2D eigenvalue weighted by Gasteiger charge is 2.26. The van der Waals surface area contributed by atoms with Crippen molar-refractivity contribution in [3.8, 4) is 0 Å². The van der Waals surface area contributed by atoms with Crippen LogP contribution in [0.4, 0.5) is 16.2 Å². The first-order valence-electron chi connectivity index (χ1n) is 7.31. The highest BCUT2D eigenvalue weighted by atomic mass is 32.2. The number of urea groups is 1. The van der Waals surface area contributed by atoms with Crippen LogP contribution in [0.1, 0.15) is 16.8 Å². The third kappa shape index (κ3) is 2.95. The van der Waals surface area contributed by atoms with E-state index in [0.717, 1.165) is 33.4 Å². The predicted octanol–water partition coefficient (Wildman–Crippen LogP) is 4.15. The van der Waals surface area contributed by atoms with Crippen LogP contribution in [-0.2, 0) is 0 Å². The number of carbonyl (C=O) groups excluding carboxylic acids is 1. The largest absolute Gasteiger partial charge is 0.326 e. The van der Waals surface area contributed by atoms with Gasteiger partial charge in [0.15, 0.2) is 0 Å². The number of nitrogens with one attached hydrogen (secondary N) is 1. The maximum Gasteiger partial charge on any atom is 0.326 e. The van der Waals surface area contributed by atoms with Crippen LogP contribution in [-0.4, -0.2) is 23.3 Å². The molecule has 0 radical (unpaired) electrons. The number of carbonyl (C=O) groups is 1. The molecule has 2 aromatic rings. The summed E-state index contributed by atoms with van der Waals surface area (Å²) >= 11 is 1.71. The van der Waals surface area contributed by atoms with E-state index in [1.54, 1.807) is 16.7 Å². The van der Waals surface area contributed by atoms with Crippen LogP contribution in [0.15, 0.2) is 35.4 Å². The molecule has 0 unspecified atom stereocenters. The third-order valence-corrected chi connectivity index (χ3v) is 4.60. The van der Waals surface area contributed by atoms with Crippen LogP contribution in [0.3, 0.4) is 0 Å². The number of anilines is 2. The summed E-state index contributed by atoms with van der Waals surface area (Å²) in [7, 11) is 0. The highest BCUT2D eigenvalue weighted by molar-refractivity contribution is 7.99. The Hall–Kier alpha value is -2.01. The zero-order valence-electron chi connectivity index (χ0n) is 13.0. The summed E-state index contributed by atoms with van der Waals surface area (Å²) in [6, 6.07) is 9.76. The number of hydrogen-bond donors (Lipinski definition) is 1. The summed E-state index contributed by atoms with van der Waals surface area (Å²) in [6.45, 7) is 6.74. The lowest BCUT2D eigenvalue weighted by atomic mass is 10.2. The Morgan fingerprint density at radius 1 is 1.23 bits per heavy atom. The van der Waals surface area contributed by atoms with Gasteiger partial charge >= 0.3 is 6.03 Å². The second-order valence-electron chi connectivity index (χ2n) is 5.53. The van der Waals surface area contributed by atoms with Gasteiger partial charge in [0.2, 0.25) is 0 Å². The summed E-state index contributed by atoms with van der Waals surface area (Å²) in [5.74, 6) is 0.865. The summed E-state index contributed by atoms with van der Waals surface area (Å²) in [4.78, 5) is 19.0. The normalized spacial score (nSPS) is 13.7. The van der Waals surface area contributed by atoms with Crippen LogP contribution in [0.25, 0.3) is 0 Å². The van der Waals surface area contributed by atoms with Gasteiger partial charge in [0.1, 0.15) is 5.03 Å². The lowest BCUT2D eigenvalue weighted by Gasteiger charge is -2.30. The molecule has 0 atom stereocenters. The van der Waals surface area contributed by atoms with E-state index in [1.165, 1.54) is 5.56 Å². The molecule has 1 aromatic heterocycles. The van der Waals surface area contributed by atoms with Crippen molar-refractivity contribution in [1.29, 1.82) is 0 Å². The molecule has 2 amide bonds. The molecule has 0 spiro atoms. The van der Waals surface area contributed by atoms with Gasteiger partial charge in [-0.25, -0.2) is 9.78 Å². The third-order valence-electron chi connectivity index (χ3n) is 3.65. The number of hydrogen-bond acceptors (Lipinski definition) is 3. The number of aryl methyl sites for hydroxylation is 3. The standard InChI is InChI=1S/C17H19N3OS/c1-11-4-6-14(7-5-11)19-17(21)20-8-9-22-16-15(20)12(2)10-13(3)18-16/h4-7,10H,8-9H2,1-3H3,(H,19,21). The number of nitrogens with zero attached hydrogens (tertiary/aromatic N) is 2. The zero-order valence-corrected chi connectivity index (χ0v) is 13.8. The molecule has 5 heteroatoms. The van der Waals surface area contributed by atoms with E-state index in [9.17, 15) is 4.79 Å². The van der Waals surface area contributed by atoms with Crippen molar-refractivity contribution < 1.29 is 4.79 Å². The van der Waals surface area contributed by atoms with E-state index >= 15 is 0 Å². The van der Waals surface area contributed by atoms with Crippen LogP contribution in [0.2, 0.25) is 0 Å². The molecular weight excluding hydrogens is 294 g/mol. The molecule has 114 valence electrons. The minimum Gasteiger partial charge on any atom is -0.308 e. The molecule has 0 bridgehead atoms. The second-order valence-corrected chi connectivity index (χ2v) is 6.61. The number of rotatable bonds is 1. The lowest BCUT2D eigenvalue weighted by Crippen LogP contribution is -2.39. The Bertz CT molecular complexity index is 713. The molecule has 4 nitrogen and oxygen atoms in total. The molecular formula is C17H19N3OS. The molecule has 0 saturated heterocycles. The number of fused-ring (bicyclic) bond motifs is 1. The van der Waals surface area contributed by atoms with Gasteiger partial charge in [-0.2, -0.15) is 0 Å². The van der Waals surface area contributed by atoms with Crippen molar-refractivity contribution in [2.75, 3.05) is 22.5 Å². The van der Waals surface area contributed by atoms with Gasteiger partial charge in [0, 0.05) is 23.7 Å². The SMILES string of the molecule is Cc1ccc(NC(=O)N2CCSc3nc(C)cc(C)c32)cc1. The van der Waals surface area contributed by atoms with E-state index in [2.05, 4.69) is 10.3 Å². The number of thioether (sulfide) groups is 1. The van der Waals surface area contributed by atoms with E-state index in [0.29, 0.717) is 6.54 Å². The minimum absolute atomic E-state index is 0.0980. The fraction of sp³-hybridized carbons (Fsp3) is 0.294. The van der Waals surface area contributed by atoms with Crippen LogP contribution in [0.5, 0.6) is 0 Å². The van der Waals surface area contributed by atoms with Crippen molar-refractivity contribution in [1.82, 2.24) is 4.98 Å². The Kier molecular flexibility index (Phi) is 4.07. The average Bonchev–Trinajstić information content (AvgIpc) is 2.48. The van der Waals surface area contributed by atoms with Gasteiger partial charge in [-0.3, -0.25) is 4.90 Å². The van der Waals surface area contributed by atoms with E-state index in [-0.39, 0.29) is 6.03 Å². The zero-order chi connectivity index (χ0) is 15.7. The van der Waals surface area contributed by atoms with E-state index in [4.69, 9.17) is 0 Å². The molecule has 1 aliphatic rings. The van der Waals surface area contributed by atoms with Crippen molar-refractivity contribution in [2.24, 2.45) is 0 Å². The average molecular weight is 313 g/mol. The molecule has 3 rings (SSSR count). The maximum atomic E-state index is 12.6. The fourth-order valence-electron chi connectivity index (χ4n) is 2.60. The molecule has 1 N–H and O–H groups in total. The highest BCUT2D eigenvalue weighted by Crippen LogP contribution is 2.36. The first-order valence-corrected chi connectivity index (χ1v) is 8.29. The van der Waals surface area contributed by atoms with Crippen molar-refractivity contribution in [3.05, 3.63) is 47.2 Å². The van der Waals surface area contributed by atoms with Gasteiger partial charge in [0.25, 0.3) is 0 Å². The second kappa shape index (κ2) is 6.01. The number of pyridine rings is 1. The summed E-state index contributed by atoms with van der Waals surface area (Å²) in [5, 5.41) is 3.92. The number of aromatic nitrogens is 1. The Labute approximate surface area is 134 Å². The molecule has 2 heterocycles. The molecule has 1 aromatic carbocycles. The topological polar surface area (TPSA) is 45.2 Å². The van der Waals surface area contributed by atoms with Gasteiger partial charge in [0.05, 0.1) is 5.69 Å². The number of amides is 2. The van der Waals surface area contributed by atoms with Crippen molar-refractivity contribution in [2.45, 2.75) is 25.8 Å². The Morgan fingerprint density at radius 2 is 1.95 bits per heavy atom. The fourth-order valence-corrected chi connectivity index (χ4v) is 3.68. The first kappa shape index (κ1) is 14.9. The first-order chi connectivity index (χ1) is 10.5. The summed E-state index contributed by atoms with van der Waals surface area (Å²) in [6.07, 6.45) is 0. The van der Waals surface area contributed by atoms with E-state index in [1.807, 2.05) is 51.1 Å². The molecule has 0 saturated carbocycles. The Balaban J connectivity index is 1.87. The van der Waals surface area contributed by atoms with Crippen molar-refractivity contribution in [3.63, 3.8) is 0 Å². The van der Waals surface area contributed by atoms with E-state index < -0.39 is 0 Å². The monoisotopic (exact) mass is 313 g/mol. The van der Waals surface area contributed by atoms with Gasteiger partial charge in [-0.15, -0.1) is 11.8 Å². The van der Waals surface area contributed by atoms with Gasteiger partial charge in [-0.05, 0) is 44.5 Å². The lowest BCUT2D eigenvalue weighted by molar-refractivity contribution is 0.257. The maximum absolute atomic E-state index is 12.6. The van der Waals surface area contributed by atoms with Crippen LogP contribution < -0.4 is 10.2 Å². The Morgan fingerprint density at radius 3 is 2.68 bits per heavy atom. The quantitative estimate of drug-likeness (QED) is 0.860. The van der Waals surface area contributed by atoms with Gasteiger partial charge < -0.3 is 5.32 Å². The smallest absolute Gasteiger partial charge is 0.308 e. The van der Waals surface area contributed by atoms with Gasteiger partial charge in [-0.1, -0.05) is 17.7 Å². The summed E-state index contributed by atoms with van der Waals surface area (Å²) < 4.78 is 0. The molecule has 22 heavy (non-hydrogen) atoms. The molecule has 0 fully saturated rings. The molecule has 1 aliphatic heterocycles. The number of benzene rings is 1. The predicted molar refractivity (Wildman–Crippen MR) is 92.0 cm³/mol. The minimum atomic E-state index is -0.0980. The molecule has 0 aliphatic carbocycles. The van der Waals surface area contributed by atoms with Crippen molar-refractivity contribution >= 4 is 29.2 Å². The van der Waals surface area contributed by atoms with Crippen LogP contribution in [0, 0.1) is 20.8 Å². The summed E-state index contributed by atoms with van der Waals surface area (Å²) in [5.41, 5.74) is 5.01. The van der Waals surface area contributed by atoms with Crippen LogP contribution >= 0.6 is 11.8 Å².